The van der Waals surface area contributed by atoms with E-state index in [4.69, 9.17) is 14.6 Å². The maximum atomic E-state index is 8.90. The van der Waals surface area contributed by atoms with E-state index in [2.05, 4.69) is 6.92 Å². The standard InChI is InChI=1S/C13H26O3/c1-2-3-4-5-6-7-10-15-13-9-8-12(11-14)16-13/h12-14H,2-11H2,1H3/t12-,13+/m0/s1. The van der Waals surface area contributed by atoms with Crippen LogP contribution in [0.2, 0.25) is 0 Å². The third-order valence-electron chi connectivity index (χ3n) is 3.07. The monoisotopic (exact) mass is 230 g/mol. The van der Waals surface area contributed by atoms with E-state index in [1.54, 1.807) is 0 Å². The summed E-state index contributed by atoms with van der Waals surface area (Å²) in [5.41, 5.74) is 0. The number of hydrogen-bond donors (Lipinski definition) is 1. The minimum atomic E-state index is -0.0622. The molecule has 1 rings (SSSR count). The van der Waals surface area contributed by atoms with Crippen molar-refractivity contribution in [2.24, 2.45) is 0 Å². The highest BCUT2D eigenvalue weighted by Gasteiger charge is 2.24. The van der Waals surface area contributed by atoms with Crippen molar-refractivity contribution in [1.82, 2.24) is 0 Å². The molecule has 0 bridgehead atoms. The van der Waals surface area contributed by atoms with Crippen LogP contribution >= 0.6 is 0 Å². The number of unbranched alkanes of at least 4 members (excludes halogenated alkanes) is 5. The molecule has 0 unspecified atom stereocenters. The molecule has 16 heavy (non-hydrogen) atoms. The zero-order chi connectivity index (χ0) is 11.6. The van der Waals surface area contributed by atoms with E-state index >= 15 is 0 Å². The molecule has 3 heteroatoms. The first-order valence-electron chi connectivity index (χ1n) is 6.74. The molecule has 0 aromatic heterocycles. The lowest BCUT2D eigenvalue weighted by Gasteiger charge is -2.12. The summed E-state index contributed by atoms with van der Waals surface area (Å²) in [4.78, 5) is 0. The fourth-order valence-electron chi connectivity index (χ4n) is 2.03. The fraction of sp³-hybridized carbons (Fsp3) is 1.00. The molecule has 0 spiro atoms. The van der Waals surface area contributed by atoms with Crippen LogP contribution in [0.25, 0.3) is 0 Å². The van der Waals surface area contributed by atoms with E-state index in [1.165, 1.54) is 32.1 Å². The summed E-state index contributed by atoms with van der Waals surface area (Å²) >= 11 is 0. The fourth-order valence-corrected chi connectivity index (χ4v) is 2.03. The molecule has 1 saturated heterocycles. The summed E-state index contributed by atoms with van der Waals surface area (Å²) in [5.74, 6) is 0. The highest BCUT2D eigenvalue weighted by molar-refractivity contribution is 4.66. The summed E-state index contributed by atoms with van der Waals surface area (Å²) < 4.78 is 11.1. The minimum absolute atomic E-state index is 0.00885. The van der Waals surface area contributed by atoms with Crippen molar-refractivity contribution in [3.05, 3.63) is 0 Å². The molecule has 1 heterocycles. The summed E-state index contributed by atoms with van der Waals surface area (Å²) in [5, 5.41) is 8.90. The minimum Gasteiger partial charge on any atom is -0.394 e. The van der Waals surface area contributed by atoms with Crippen molar-refractivity contribution in [3.63, 3.8) is 0 Å². The van der Waals surface area contributed by atoms with Gasteiger partial charge in [-0.05, 0) is 12.8 Å². The van der Waals surface area contributed by atoms with Gasteiger partial charge in [-0.1, -0.05) is 39.0 Å². The molecule has 3 nitrogen and oxygen atoms in total. The van der Waals surface area contributed by atoms with Crippen LogP contribution in [-0.4, -0.2) is 30.7 Å². The van der Waals surface area contributed by atoms with E-state index in [1.807, 2.05) is 0 Å². The Hall–Kier alpha value is -0.120. The van der Waals surface area contributed by atoms with E-state index in [9.17, 15) is 0 Å². The van der Waals surface area contributed by atoms with Gasteiger partial charge < -0.3 is 14.6 Å². The third kappa shape index (κ3) is 5.83. The Morgan fingerprint density at radius 1 is 1.12 bits per heavy atom. The van der Waals surface area contributed by atoms with Gasteiger partial charge in [-0.25, -0.2) is 0 Å². The first-order valence-corrected chi connectivity index (χ1v) is 6.74. The molecule has 0 aliphatic carbocycles. The Bertz CT molecular complexity index is 161. The van der Waals surface area contributed by atoms with Crippen LogP contribution in [0, 0.1) is 0 Å². The molecule has 96 valence electrons. The highest BCUT2D eigenvalue weighted by Crippen LogP contribution is 2.20. The second-order valence-electron chi connectivity index (χ2n) is 4.59. The Kier molecular flexibility index (Phi) is 7.81. The average Bonchev–Trinajstić information content (AvgIpc) is 2.76. The Morgan fingerprint density at radius 3 is 2.56 bits per heavy atom. The van der Waals surface area contributed by atoms with Crippen molar-refractivity contribution in [1.29, 1.82) is 0 Å². The smallest absolute Gasteiger partial charge is 0.158 e. The number of ether oxygens (including phenoxy) is 2. The quantitative estimate of drug-likeness (QED) is 0.619. The molecular formula is C13H26O3. The maximum absolute atomic E-state index is 8.90. The van der Waals surface area contributed by atoms with Gasteiger partial charge in [-0.15, -0.1) is 0 Å². The van der Waals surface area contributed by atoms with Crippen LogP contribution in [0.1, 0.15) is 58.3 Å². The van der Waals surface area contributed by atoms with Gasteiger partial charge >= 0.3 is 0 Å². The van der Waals surface area contributed by atoms with Gasteiger partial charge in [-0.3, -0.25) is 0 Å². The van der Waals surface area contributed by atoms with Crippen LogP contribution in [0.5, 0.6) is 0 Å². The summed E-state index contributed by atoms with van der Waals surface area (Å²) in [6.07, 6.45) is 9.52. The number of rotatable bonds is 9. The Morgan fingerprint density at radius 2 is 1.88 bits per heavy atom. The molecule has 1 fully saturated rings. The Labute approximate surface area is 99.1 Å². The van der Waals surface area contributed by atoms with Crippen molar-refractivity contribution < 1.29 is 14.6 Å². The molecule has 1 aliphatic heterocycles. The normalized spacial score (nSPS) is 25.1. The van der Waals surface area contributed by atoms with Crippen LogP contribution in [0.3, 0.4) is 0 Å². The number of aliphatic hydroxyl groups excluding tert-OH is 1. The molecule has 0 radical (unpaired) electrons. The SMILES string of the molecule is CCCCCCCCO[C@H]1CC[C@@H](CO)O1. The third-order valence-corrected chi connectivity index (χ3v) is 3.07. The Balaban J connectivity index is 1.84. The van der Waals surface area contributed by atoms with Crippen molar-refractivity contribution in [2.45, 2.75) is 70.7 Å². The lowest BCUT2D eigenvalue weighted by Crippen LogP contribution is -2.17. The number of hydrogen-bond acceptors (Lipinski definition) is 3. The van der Waals surface area contributed by atoms with Gasteiger partial charge in [0.1, 0.15) is 0 Å². The molecule has 1 aliphatic rings. The van der Waals surface area contributed by atoms with Crippen LogP contribution in [0.4, 0.5) is 0 Å². The number of aliphatic hydroxyl groups is 1. The maximum Gasteiger partial charge on any atom is 0.158 e. The van der Waals surface area contributed by atoms with E-state index in [0.717, 1.165) is 25.9 Å². The summed E-state index contributed by atoms with van der Waals surface area (Å²) in [6.45, 7) is 3.16. The van der Waals surface area contributed by atoms with E-state index in [0.29, 0.717) is 0 Å². The van der Waals surface area contributed by atoms with Gasteiger partial charge in [0.15, 0.2) is 6.29 Å². The second kappa shape index (κ2) is 8.97. The first kappa shape index (κ1) is 13.9. The van der Waals surface area contributed by atoms with Gasteiger partial charge in [0.05, 0.1) is 12.7 Å². The average molecular weight is 230 g/mol. The summed E-state index contributed by atoms with van der Waals surface area (Å²) in [6, 6.07) is 0. The summed E-state index contributed by atoms with van der Waals surface area (Å²) in [7, 11) is 0. The molecule has 0 aromatic carbocycles. The van der Waals surface area contributed by atoms with Gasteiger partial charge in [0.2, 0.25) is 0 Å². The van der Waals surface area contributed by atoms with E-state index < -0.39 is 0 Å². The van der Waals surface area contributed by atoms with Gasteiger partial charge in [-0.2, -0.15) is 0 Å². The molecular weight excluding hydrogens is 204 g/mol. The topological polar surface area (TPSA) is 38.7 Å². The molecule has 0 saturated carbocycles. The zero-order valence-corrected chi connectivity index (χ0v) is 10.5. The zero-order valence-electron chi connectivity index (χ0n) is 10.5. The predicted molar refractivity (Wildman–Crippen MR) is 64.3 cm³/mol. The second-order valence-corrected chi connectivity index (χ2v) is 4.59. The van der Waals surface area contributed by atoms with Crippen LogP contribution < -0.4 is 0 Å². The van der Waals surface area contributed by atoms with Crippen molar-refractivity contribution in [3.8, 4) is 0 Å². The van der Waals surface area contributed by atoms with Gasteiger partial charge in [0, 0.05) is 13.0 Å². The van der Waals surface area contributed by atoms with E-state index in [-0.39, 0.29) is 19.0 Å². The molecule has 0 aromatic rings. The predicted octanol–water partition coefficient (Wildman–Crippen LogP) is 2.86. The first-order chi connectivity index (χ1) is 7.86. The molecule has 1 N–H and O–H groups in total. The van der Waals surface area contributed by atoms with Crippen LogP contribution in [0.15, 0.2) is 0 Å². The largest absolute Gasteiger partial charge is 0.394 e. The molecule has 2 atom stereocenters. The van der Waals surface area contributed by atoms with Crippen molar-refractivity contribution >= 4 is 0 Å². The van der Waals surface area contributed by atoms with Crippen molar-refractivity contribution in [2.75, 3.05) is 13.2 Å². The lowest BCUT2D eigenvalue weighted by atomic mass is 10.1. The van der Waals surface area contributed by atoms with Crippen LogP contribution in [-0.2, 0) is 9.47 Å². The van der Waals surface area contributed by atoms with Gasteiger partial charge in [0.25, 0.3) is 0 Å². The molecule has 0 amide bonds. The highest BCUT2D eigenvalue weighted by atomic mass is 16.7. The lowest BCUT2D eigenvalue weighted by molar-refractivity contribution is -0.140.